The predicted octanol–water partition coefficient (Wildman–Crippen LogP) is 5.31. The van der Waals surface area contributed by atoms with Crippen LogP contribution in [0.5, 0.6) is 28.7 Å². The Labute approximate surface area is 198 Å². The highest BCUT2D eigenvalue weighted by Crippen LogP contribution is 2.42. The third-order valence-electron chi connectivity index (χ3n) is 4.95. The van der Waals surface area contributed by atoms with Gasteiger partial charge in [-0.1, -0.05) is 15.9 Å². The zero-order valence-electron chi connectivity index (χ0n) is 18.0. The molecule has 0 atom stereocenters. The molecule has 0 aromatic heterocycles. The van der Waals surface area contributed by atoms with Crippen LogP contribution in [0.4, 0.5) is 0 Å². The topological polar surface area (TPSA) is 80.3 Å². The normalized spacial score (nSPS) is 13.3. The van der Waals surface area contributed by atoms with Crippen molar-refractivity contribution >= 4 is 33.8 Å². The van der Waals surface area contributed by atoms with Gasteiger partial charge in [-0.05, 0) is 54.6 Å². The first-order chi connectivity index (χ1) is 15.9. The van der Waals surface area contributed by atoms with Crippen molar-refractivity contribution in [2.24, 2.45) is 0 Å². The Hall–Kier alpha value is -3.78. The quantitative estimate of drug-likeness (QED) is 0.252. The van der Waals surface area contributed by atoms with Crippen molar-refractivity contribution in [3.63, 3.8) is 0 Å². The van der Waals surface area contributed by atoms with Gasteiger partial charge in [0.05, 0.1) is 32.5 Å². The summed E-state index contributed by atoms with van der Waals surface area (Å²) in [7, 11) is 4.52. The maximum atomic E-state index is 12.9. The minimum Gasteiger partial charge on any atom is -0.493 e. The number of rotatable bonds is 6. The molecule has 7 nitrogen and oxygen atoms in total. The summed E-state index contributed by atoms with van der Waals surface area (Å²) >= 11 is 3.33. The van der Waals surface area contributed by atoms with E-state index in [1.807, 2.05) is 0 Å². The van der Waals surface area contributed by atoms with Crippen LogP contribution >= 0.6 is 15.9 Å². The lowest BCUT2D eigenvalue weighted by atomic mass is 10.1. The molecule has 3 aromatic carbocycles. The number of halogens is 1. The van der Waals surface area contributed by atoms with E-state index in [2.05, 4.69) is 15.9 Å². The van der Waals surface area contributed by atoms with E-state index in [1.165, 1.54) is 27.4 Å². The molecule has 0 spiro atoms. The number of carbonyl (C=O) groups excluding carboxylic acids is 2. The summed E-state index contributed by atoms with van der Waals surface area (Å²) in [5.41, 5.74) is 1.34. The van der Waals surface area contributed by atoms with Crippen molar-refractivity contribution in [1.82, 2.24) is 0 Å². The molecule has 0 fully saturated rings. The molecule has 0 bridgehead atoms. The number of allylic oxidation sites excluding steroid dienone is 1. The van der Waals surface area contributed by atoms with Gasteiger partial charge in [0.25, 0.3) is 0 Å². The number of fused-ring (bicyclic) bond motifs is 1. The van der Waals surface area contributed by atoms with Gasteiger partial charge in [0.15, 0.2) is 17.3 Å². The highest BCUT2D eigenvalue weighted by molar-refractivity contribution is 9.10. The van der Waals surface area contributed by atoms with Gasteiger partial charge in [0.1, 0.15) is 11.5 Å². The molecule has 0 unspecified atom stereocenters. The van der Waals surface area contributed by atoms with E-state index in [9.17, 15) is 9.59 Å². The highest BCUT2D eigenvalue weighted by atomic mass is 79.9. The minimum absolute atomic E-state index is 0.104. The number of ether oxygens (including phenoxy) is 5. The van der Waals surface area contributed by atoms with Crippen molar-refractivity contribution in [2.45, 2.75) is 0 Å². The second-order valence-corrected chi connectivity index (χ2v) is 7.83. The molecule has 0 amide bonds. The summed E-state index contributed by atoms with van der Waals surface area (Å²) in [6.07, 6.45) is 1.57. The van der Waals surface area contributed by atoms with Gasteiger partial charge in [0, 0.05) is 16.1 Å². The molecule has 1 aliphatic rings. The van der Waals surface area contributed by atoms with Crippen LogP contribution in [0.2, 0.25) is 0 Å². The number of methoxy groups -OCH3 is 3. The van der Waals surface area contributed by atoms with Gasteiger partial charge < -0.3 is 23.7 Å². The van der Waals surface area contributed by atoms with E-state index in [0.717, 1.165) is 4.47 Å². The van der Waals surface area contributed by atoms with Crippen LogP contribution in [-0.2, 0) is 0 Å². The van der Waals surface area contributed by atoms with Crippen LogP contribution in [0.3, 0.4) is 0 Å². The van der Waals surface area contributed by atoms with Gasteiger partial charge in [-0.25, -0.2) is 4.79 Å². The Morgan fingerprint density at radius 3 is 2.30 bits per heavy atom. The lowest BCUT2D eigenvalue weighted by Gasteiger charge is -2.14. The van der Waals surface area contributed by atoms with Crippen molar-refractivity contribution in [1.29, 1.82) is 0 Å². The fraction of sp³-hybridized carbons (Fsp3) is 0.120. The Morgan fingerprint density at radius 2 is 1.64 bits per heavy atom. The first kappa shape index (κ1) is 22.4. The number of Topliss-reactive ketones (excluding diaryl/α,β-unsaturated/α-hetero) is 1. The van der Waals surface area contributed by atoms with E-state index in [4.69, 9.17) is 23.7 Å². The van der Waals surface area contributed by atoms with E-state index in [0.29, 0.717) is 39.7 Å². The van der Waals surface area contributed by atoms with Crippen LogP contribution in [0.1, 0.15) is 26.3 Å². The smallest absolute Gasteiger partial charge is 0.343 e. The zero-order valence-corrected chi connectivity index (χ0v) is 19.6. The van der Waals surface area contributed by atoms with Gasteiger partial charge in [0.2, 0.25) is 11.5 Å². The standard InChI is InChI=1S/C25H19BrO7/c1-29-19-11-6-15(23(30-2)24(19)31-3)12-21-22(27)18-10-9-17(13-20(18)33-21)32-25(28)14-4-7-16(26)8-5-14/h4-13H,1-3H3. The summed E-state index contributed by atoms with van der Waals surface area (Å²) in [6, 6.07) is 14.9. The molecule has 0 aliphatic carbocycles. The summed E-state index contributed by atoms with van der Waals surface area (Å²) in [5, 5.41) is 0. The lowest BCUT2D eigenvalue weighted by Crippen LogP contribution is -2.08. The van der Waals surface area contributed by atoms with Crippen LogP contribution < -0.4 is 23.7 Å². The van der Waals surface area contributed by atoms with Crippen molar-refractivity contribution in [2.75, 3.05) is 21.3 Å². The molecule has 0 saturated carbocycles. The highest BCUT2D eigenvalue weighted by Gasteiger charge is 2.29. The van der Waals surface area contributed by atoms with Crippen LogP contribution in [0, 0.1) is 0 Å². The average molecular weight is 511 g/mol. The van der Waals surface area contributed by atoms with Crippen molar-refractivity contribution in [3.8, 4) is 28.7 Å². The molecule has 1 heterocycles. The summed E-state index contributed by atoms with van der Waals surface area (Å²) in [6.45, 7) is 0. The second-order valence-electron chi connectivity index (χ2n) is 6.92. The van der Waals surface area contributed by atoms with Gasteiger partial charge >= 0.3 is 5.97 Å². The van der Waals surface area contributed by atoms with E-state index in [-0.39, 0.29) is 17.3 Å². The van der Waals surface area contributed by atoms with Gasteiger partial charge in [-0.2, -0.15) is 0 Å². The van der Waals surface area contributed by atoms with Crippen molar-refractivity contribution in [3.05, 3.63) is 81.5 Å². The number of ketones is 1. The van der Waals surface area contributed by atoms with Crippen LogP contribution in [-0.4, -0.2) is 33.1 Å². The van der Waals surface area contributed by atoms with E-state index >= 15 is 0 Å². The Balaban J connectivity index is 1.60. The Bertz CT molecular complexity index is 1260. The minimum atomic E-state index is -0.516. The predicted molar refractivity (Wildman–Crippen MR) is 125 cm³/mol. The largest absolute Gasteiger partial charge is 0.493 e. The molecule has 0 N–H and O–H groups in total. The lowest BCUT2D eigenvalue weighted by molar-refractivity contribution is 0.0734. The SMILES string of the molecule is COc1ccc(C=C2Oc3cc(OC(=O)c4ccc(Br)cc4)ccc3C2=O)c(OC)c1OC. The summed E-state index contributed by atoms with van der Waals surface area (Å²) in [5.74, 6) is 1.15. The fourth-order valence-electron chi connectivity index (χ4n) is 3.36. The molecule has 0 radical (unpaired) electrons. The Morgan fingerprint density at radius 1 is 0.909 bits per heavy atom. The fourth-order valence-corrected chi connectivity index (χ4v) is 3.63. The number of carbonyl (C=O) groups is 2. The third kappa shape index (κ3) is 4.42. The number of hydrogen-bond acceptors (Lipinski definition) is 7. The molecule has 168 valence electrons. The maximum Gasteiger partial charge on any atom is 0.343 e. The summed E-state index contributed by atoms with van der Waals surface area (Å²) < 4.78 is 28.2. The van der Waals surface area contributed by atoms with Crippen molar-refractivity contribution < 1.29 is 33.3 Å². The molecule has 1 aliphatic heterocycles. The summed E-state index contributed by atoms with van der Waals surface area (Å²) in [4.78, 5) is 25.2. The second kappa shape index (κ2) is 9.38. The Kier molecular flexibility index (Phi) is 6.37. The molecule has 3 aromatic rings. The molecule has 33 heavy (non-hydrogen) atoms. The maximum absolute atomic E-state index is 12.9. The molecular formula is C25H19BrO7. The first-order valence-corrected chi connectivity index (χ1v) is 10.6. The molecule has 4 rings (SSSR count). The molecule has 8 heteroatoms. The monoisotopic (exact) mass is 510 g/mol. The van der Waals surface area contributed by atoms with Crippen LogP contribution in [0.15, 0.2) is 64.8 Å². The first-order valence-electron chi connectivity index (χ1n) is 9.80. The molecular weight excluding hydrogens is 492 g/mol. The number of esters is 1. The zero-order chi connectivity index (χ0) is 23.5. The number of benzene rings is 3. The third-order valence-corrected chi connectivity index (χ3v) is 5.48. The van der Waals surface area contributed by atoms with E-state index in [1.54, 1.807) is 54.6 Å². The van der Waals surface area contributed by atoms with Gasteiger partial charge in [-0.15, -0.1) is 0 Å². The van der Waals surface area contributed by atoms with E-state index < -0.39 is 5.97 Å². The van der Waals surface area contributed by atoms with Gasteiger partial charge in [-0.3, -0.25) is 4.79 Å². The number of hydrogen-bond donors (Lipinski definition) is 0. The van der Waals surface area contributed by atoms with Crippen LogP contribution in [0.25, 0.3) is 6.08 Å². The average Bonchev–Trinajstić information content (AvgIpc) is 3.13. The molecule has 0 saturated heterocycles.